The number of nitrogens with zero attached hydrogens (tertiary/aromatic N) is 1. The molecule has 0 spiro atoms. The summed E-state index contributed by atoms with van der Waals surface area (Å²) in [4.78, 5) is 14.6. The van der Waals surface area contributed by atoms with Crippen molar-refractivity contribution in [3.8, 4) is 0 Å². The highest BCUT2D eigenvalue weighted by Gasteiger charge is 2.12. The van der Waals surface area contributed by atoms with Crippen molar-refractivity contribution >= 4 is 29.1 Å². The van der Waals surface area contributed by atoms with Gasteiger partial charge in [0, 0.05) is 6.54 Å². The maximum atomic E-state index is 12.0. The van der Waals surface area contributed by atoms with Crippen LogP contribution in [0.4, 0.5) is 0 Å². The Morgan fingerprint density at radius 2 is 1.86 bits per heavy atom. The van der Waals surface area contributed by atoms with E-state index in [-0.39, 0.29) is 5.91 Å². The lowest BCUT2D eigenvalue weighted by atomic mass is 10.1. The van der Waals surface area contributed by atoms with Crippen LogP contribution in [0.2, 0.25) is 10.0 Å². The van der Waals surface area contributed by atoms with Gasteiger partial charge in [0.15, 0.2) is 0 Å². The highest BCUT2D eigenvalue weighted by Crippen LogP contribution is 2.25. The van der Waals surface area contributed by atoms with Crippen molar-refractivity contribution in [1.29, 1.82) is 0 Å². The lowest BCUT2D eigenvalue weighted by Gasteiger charge is -2.26. The van der Waals surface area contributed by atoms with E-state index in [1.165, 1.54) is 45.3 Å². The fraction of sp³-hybridized carbons (Fsp3) is 0.588. The summed E-state index contributed by atoms with van der Waals surface area (Å²) in [7, 11) is 0. The molecule has 0 unspecified atom stereocenters. The SMILES string of the molecule is O=C(NCCCCCN1CCCCC1)c1cccc(Cl)c1Cl. The smallest absolute Gasteiger partial charge is 0.252 e. The number of rotatable bonds is 7. The topological polar surface area (TPSA) is 32.3 Å². The first-order chi connectivity index (χ1) is 10.7. The number of carbonyl (C=O) groups excluding carboxylic acids is 1. The van der Waals surface area contributed by atoms with Crippen molar-refractivity contribution in [1.82, 2.24) is 10.2 Å². The summed E-state index contributed by atoms with van der Waals surface area (Å²) in [5.41, 5.74) is 0.447. The zero-order chi connectivity index (χ0) is 15.8. The number of hydrogen-bond donors (Lipinski definition) is 1. The summed E-state index contributed by atoms with van der Waals surface area (Å²) in [6.07, 6.45) is 7.41. The molecule has 1 aromatic carbocycles. The number of hydrogen-bond acceptors (Lipinski definition) is 2. The van der Waals surface area contributed by atoms with Crippen LogP contribution in [0.1, 0.15) is 48.9 Å². The number of piperidine rings is 1. The molecule has 1 saturated heterocycles. The molecule has 122 valence electrons. The predicted octanol–water partition coefficient (Wildman–Crippen LogP) is 4.38. The van der Waals surface area contributed by atoms with Crippen molar-refractivity contribution in [2.24, 2.45) is 0 Å². The van der Waals surface area contributed by atoms with E-state index in [4.69, 9.17) is 23.2 Å². The van der Waals surface area contributed by atoms with Crippen LogP contribution >= 0.6 is 23.2 Å². The van der Waals surface area contributed by atoms with E-state index in [0.29, 0.717) is 22.2 Å². The van der Waals surface area contributed by atoms with Crippen molar-refractivity contribution < 1.29 is 4.79 Å². The van der Waals surface area contributed by atoms with Gasteiger partial charge < -0.3 is 10.2 Å². The van der Waals surface area contributed by atoms with Crippen LogP contribution in [-0.4, -0.2) is 37.0 Å². The fourth-order valence-electron chi connectivity index (χ4n) is 2.80. The zero-order valence-electron chi connectivity index (χ0n) is 12.9. The Labute approximate surface area is 143 Å². The Hall–Kier alpha value is -0.770. The van der Waals surface area contributed by atoms with E-state index in [1.807, 2.05) is 0 Å². The Bertz CT molecular complexity index is 488. The molecule has 5 heteroatoms. The van der Waals surface area contributed by atoms with Gasteiger partial charge in [-0.2, -0.15) is 0 Å². The summed E-state index contributed by atoms with van der Waals surface area (Å²) in [6.45, 7) is 4.38. The average molecular weight is 343 g/mol. The van der Waals surface area contributed by atoms with Gasteiger partial charge in [-0.15, -0.1) is 0 Å². The second-order valence-electron chi connectivity index (χ2n) is 5.82. The highest BCUT2D eigenvalue weighted by atomic mass is 35.5. The molecule has 1 aromatic rings. The van der Waals surface area contributed by atoms with E-state index in [0.717, 1.165) is 12.8 Å². The molecule has 0 aliphatic carbocycles. The standard InChI is InChI=1S/C17H24Cl2N2O/c18-15-9-7-8-14(16(15)19)17(22)20-10-3-1-4-11-21-12-5-2-6-13-21/h7-9H,1-6,10-13H2,(H,20,22). The Kier molecular flexibility index (Phi) is 7.50. The van der Waals surface area contributed by atoms with E-state index in [9.17, 15) is 4.79 Å². The third-order valence-corrected chi connectivity index (χ3v) is 4.90. The molecule has 0 atom stereocenters. The summed E-state index contributed by atoms with van der Waals surface area (Å²) < 4.78 is 0. The molecule has 0 saturated carbocycles. The molecule has 3 nitrogen and oxygen atoms in total. The Morgan fingerprint density at radius 3 is 2.64 bits per heavy atom. The van der Waals surface area contributed by atoms with Crippen LogP contribution in [0.3, 0.4) is 0 Å². The quantitative estimate of drug-likeness (QED) is 0.745. The minimum atomic E-state index is -0.150. The molecule has 2 rings (SSSR count). The molecule has 1 aliphatic heterocycles. The summed E-state index contributed by atoms with van der Waals surface area (Å²) >= 11 is 12.0. The highest BCUT2D eigenvalue weighted by molar-refractivity contribution is 6.43. The van der Waals surface area contributed by atoms with Gasteiger partial charge in [0.2, 0.25) is 0 Å². The van der Waals surface area contributed by atoms with Crippen molar-refractivity contribution in [3.05, 3.63) is 33.8 Å². The molecular weight excluding hydrogens is 319 g/mol. The van der Waals surface area contributed by atoms with Crippen LogP contribution in [0.25, 0.3) is 0 Å². The number of likely N-dealkylation sites (tertiary alicyclic amines) is 1. The fourth-order valence-corrected chi connectivity index (χ4v) is 3.18. The number of unbranched alkanes of at least 4 members (excludes halogenated alkanes) is 2. The third kappa shape index (κ3) is 5.45. The van der Waals surface area contributed by atoms with Crippen LogP contribution in [0.5, 0.6) is 0 Å². The van der Waals surface area contributed by atoms with Crippen LogP contribution < -0.4 is 5.32 Å². The number of halogens is 2. The minimum absolute atomic E-state index is 0.150. The molecule has 0 radical (unpaired) electrons. The van der Waals surface area contributed by atoms with Gasteiger partial charge in [-0.3, -0.25) is 4.79 Å². The van der Waals surface area contributed by atoms with E-state index >= 15 is 0 Å². The molecule has 1 fully saturated rings. The first-order valence-electron chi connectivity index (χ1n) is 8.13. The lowest BCUT2D eigenvalue weighted by molar-refractivity contribution is 0.0953. The van der Waals surface area contributed by atoms with Crippen LogP contribution in [0, 0.1) is 0 Å². The molecule has 1 aliphatic rings. The van der Waals surface area contributed by atoms with Gasteiger partial charge in [0.1, 0.15) is 0 Å². The number of nitrogens with one attached hydrogen (secondary N) is 1. The minimum Gasteiger partial charge on any atom is -0.352 e. The van der Waals surface area contributed by atoms with E-state index in [1.54, 1.807) is 18.2 Å². The maximum Gasteiger partial charge on any atom is 0.252 e. The first-order valence-corrected chi connectivity index (χ1v) is 8.88. The predicted molar refractivity (Wildman–Crippen MR) is 92.9 cm³/mol. The van der Waals surface area contributed by atoms with Gasteiger partial charge in [-0.25, -0.2) is 0 Å². The normalized spacial score (nSPS) is 15.7. The average Bonchev–Trinajstić information content (AvgIpc) is 2.54. The van der Waals surface area contributed by atoms with Crippen molar-refractivity contribution in [3.63, 3.8) is 0 Å². The van der Waals surface area contributed by atoms with Gasteiger partial charge in [0.05, 0.1) is 15.6 Å². The lowest BCUT2D eigenvalue weighted by Crippen LogP contribution is -2.30. The molecule has 1 heterocycles. The maximum absolute atomic E-state index is 12.0. The zero-order valence-corrected chi connectivity index (χ0v) is 14.4. The van der Waals surface area contributed by atoms with Gasteiger partial charge in [0.25, 0.3) is 5.91 Å². The molecule has 1 amide bonds. The summed E-state index contributed by atoms with van der Waals surface area (Å²) in [6, 6.07) is 5.11. The molecule has 22 heavy (non-hydrogen) atoms. The van der Waals surface area contributed by atoms with Gasteiger partial charge in [-0.05, 0) is 57.5 Å². The van der Waals surface area contributed by atoms with E-state index in [2.05, 4.69) is 10.2 Å². The summed E-state index contributed by atoms with van der Waals surface area (Å²) in [5, 5.41) is 3.65. The van der Waals surface area contributed by atoms with Crippen LogP contribution in [0.15, 0.2) is 18.2 Å². The van der Waals surface area contributed by atoms with Crippen LogP contribution in [-0.2, 0) is 0 Å². The largest absolute Gasteiger partial charge is 0.352 e. The van der Waals surface area contributed by atoms with Crippen molar-refractivity contribution in [2.75, 3.05) is 26.2 Å². The second-order valence-corrected chi connectivity index (χ2v) is 6.61. The first kappa shape index (κ1) is 17.6. The molecule has 0 aromatic heterocycles. The van der Waals surface area contributed by atoms with Crippen molar-refractivity contribution in [2.45, 2.75) is 38.5 Å². The number of benzene rings is 1. The number of amides is 1. The second kappa shape index (κ2) is 9.39. The Balaban J connectivity index is 1.60. The molecule has 1 N–H and O–H groups in total. The number of carbonyl (C=O) groups is 1. The monoisotopic (exact) mass is 342 g/mol. The molecular formula is C17H24Cl2N2O. The Morgan fingerprint density at radius 1 is 1.09 bits per heavy atom. The van der Waals surface area contributed by atoms with E-state index < -0.39 is 0 Å². The molecule has 0 bridgehead atoms. The van der Waals surface area contributed by atoms with Gasteiger partial charge >= 0.3 is 0 Å². The third-order valence-electron chi connectivity index (χ3n) is 4.08. The summed E-state index contributed by atoms with van der Waals surface area (Å²) in [5.74, 6) is -0.150. The van der Waals surface area contributed by atoms with Gasteiger partial charge in [-0.1, -0.05) is 42.1 Å².